The van der Waals surface area contributed by atoms with Crippen molar-refractivity contribution in [1.82, 2.24) is 9.80 Å². The van der Waals surface area contributed by atoms with E-state index in [4.69, 9.17) is 24.7 Å². The second-order valence-corrected chi connectivity index (χ2v) is 7.50. The Morgan fingerprint density at radius 3 is 2.06 bits per heavy atom. The summed E-state index contributed by atoms with van der Waals surface area (Å²) in [5, 5.41) is 0. The van der Waals surface area contributed by atoms with Gasteiger partial charge in [-0.1, -0.05) is 6.07 Å². The van der Waals surface area contributed by atoms with E-state index in [0.717, 1.165) is 5.56 Å². The van der Waals surface area contributed by atoms with Crippen LogP contribution in [0.4, 0.5) is 4.39 Å². The average Bonchev–Trinajstić information content (AvgIpc) is 2.82. The number of carbonyl (C=O) groups is 2. The lowest BCUT2D eigenvalue weighted by Crippen LogP contribution is -2.48. The predicted octanol–water partition coefficient (Wildman–Crippen LogP) is 1.67. The standard InChI is InChI=1S/C23H28FN3O6/c1-30-18-5-4-15(10-17(18)24)13-26-6-8-27(9-7-26)23(29)16-11-19(31-2)22(20(12-16)32-3)33-14-21(25)28/h4-5,10-12H,6-9,13-14H2,1-3H3,(H2,25,28). The van der Waals surface area contributed by atoms with Crippen molar-refractivity contribution < 1.29 is 32.9 Å². The second-order valence-electron chi connectivity index (χ2n) is 7.50. The molecule has 178 valence electrons. The summed E-state index contributed by atoms with van der Waals surface area (Å²) in [5.41, 5.74) is 6.36. The third kappa shape index (κ3) is 5.83. The quantitative estimate of drug-likeness (QED) is 0.606. The molecular formula is C23H28FN3O6. The first kappa shape index (κ1) is 24.1. The number of hydrogen-bond acceptors (Lipinski definition) is 7. The van der Waals surface area contributed by atoms with E-state index in [1.165, 1.54) is 27.4 Å². The molecule has 0 bridgehead atoms. The SMILES string of the molecule is COc1ccc(CN2CCN(C(=O)c3cc(OC)c(OCC(N)=O)c(OC)c3)CC2)cc1F. The van der Waals surface area contributed by atoms with Crippen LogP contribution in [0.25, 0.3) is 0 Å². The number of ether oxygens (including phenoxy) is 4. The summed E-state index contributed by atoms with van der Waals surface area (Å²) in [5.74, 6) is -0.274. The average molecular weight is 461 g/mol. The predicted molar refractivity (Wildman–Crippen MR) is 118 cm³/mol. The minimum Gasteiger partial charge on any atom is -0.494 e. The fraction of sp³-hybridized carbons (Fsp3) is 0.391. The molecule has 3 rings (SSSR count). The lowest BCUT2D eigenvalue weighted by molar-refractivity contribution is -0.120. The highest BCUT2D eigenvalue weighted by atomic mass is 19.1. The highest BCUT2D eigenvalue weighted by Gasteiger charge is 2.25. The van der Waals surface area contributed by atoms with Crippen molar-refractivity contribution in [2.75, 3.05) is 54.1 Å². The summed E-state index contributed by atoms with van der Waals surface area (Å²) in [6.07, 6.45) is 0. The molecule has 2 amide bonds. The number of hydrogen-bond donors (Lipinski definition) is 1. The van der Waals surface area contributed by atoms with Crippen LogP contribution in [-0.4, -0.2) is 75.7 Å². The number of primary amides is 1. The van der Waals surface area contributed by atoms with Gasteiger partial charge in [0.05, 0.1) is 21.3 Å². The molecule has 2 aromatic rings. The number of methoxy groups -OCH3 is 3. The lowest BCUT2D eigenvalue weighted by Gasteiger charge is -2.35. The smallest absolute Gasteiger partial charge is 0.255 e. The second kappa shape index (κ2) is 10.9. The molecule has 2 N–H and O–H groups in total. The molecule has 0 aliphatic carbocycles. The van der Waals surface area contributed by atoms with Crippen LogP contribution >= 0.6 is 0 Å². The molecule has 33 heavy (non-hydrogen) atoms. The zero-order valence-electron chi connectivity index (χ0n) is 18.9. The lowest BCUT2D eigenvalue weighted by atomic mass is 10.1. The highest BCUT2D eigenvalue weighted by Crippen LogP contribution is 2.39. The van der Waals surface area contributed by atoms with Gasteiger partial charge in [0.2, 0.25) is 5.75 Å². The summed E-state index contributed by atoms with van der Waals surface area (Å²) in [7, 11) is 4.29. The van der Waals surface area contributed by atoms with Gasteiger partial charge in [-0.3, -0.25) is 14.5 Å². The molecule has 1 saturated heterocycles. The topological polar surface area (TPSA) is 104 Å². The third-order valence-corrected chi connectivity index (χ3v) is 5.35. The molecule has 0 saturated carbocycles. The van der Waals surface area contributed by atoms with E-state index < -0.39 is 11.7 Å². The molecule has 9 nitrogen and oxygen atoms in total. The van der Waals surface area contributed by atoms with Crippen LogP contribution in [0.3, 0.4) is 0 Å². The number of nitrogens with zero attached hydrogens (tertiary/aromatic N) is 2. The van der Waals surface area contributed by atoms with Crippen molar-refractivity contribution >= 4 is 11.8 Å². The van der Waals surface area contributed by atoms with Crippen molar-refractivity contribution in [3.63, 3.8) is 0 Å². The van der Waals surface area contributed by atoms with E-state index in [9.17, 15) is 14.0 Å². The molecule has 0 atom stereocenters. The van der Waals surface area contributed by atoms with Gasteiger partial charge in [-0.15, -0.1) is 0 Å². The number of benzene rings is 2. The summed E-state index contributed by atoms with van der Waals surface area (Å²) in [4.78, 5) is 28.1. The van der Waals surface area contributed by atoms with E-state index in [-0.39, 0.29) is 35.5 Å². The highest BCUT2D eigenvalue weighted by molar-refractivity contribution is 5.95. The molecule has 0 unspecified atom stereocenters. The maximum Gasteiger partial charge on any atom is 0.255 e. The Morgan fingerprint density at radius 1 is 0.939 bits per heavy atom. The maximum atomic E-state index is 14.0. The molecule has 1 fully saturated rings. The Kier molecular flexibility index (Phi) is 7.94. The van der Waals surface area contributed by atoms with Gasteiger partial charge >= 0.3 is 0 Å². The Morgan fingerprint density at radius 2 is 1.55 bits per heavy atom. The van der Waals surface area contributed by atoms with Gasteiger partial charge in [-0.05, 0) is 29.8 Å². The van der Waals surface area contributed by atoms with E-state index in [1.807, 2.05) is 6.07 Å². The van der Waals surface area contributed by atoms with Crippen LogP contribution in [0.1, 0.15) is 15.9 Å². The van der Waals surface area contributed by atoms with Gasteiger partial charge < -0.3 is 29.6 Å². The van der Waals surface area contributed by atoms with Crippen LogP contribution in [0, 0.1) is 5.82 Å². The number of carbonyl (C=O) groups excluding carboxylic acids is 2. The largest absolute Gasteiger partial charge is 0.494 e. The van der Waals surface area contributed by atoms with Crippen molar-refractivity contribution in [3.8, 4) is 23.0 Å². The normalized spacial score (nSPS) is 14.0. The minimum atomic E-state index is -0.644. The Bertz CT molecular complexity index is 983. The molecule has 1 aliphatic rings. The Labute approximate surface area is 191 Å². The molecule has 10 heteroatoms. The Balaban J connectivity index is 1.66. The minimum absolute atomic E-state index is 0.178. The maximum absolute atomic E-state index is 14.0. The van der Waals surface area contributed by atoms with Crippen LogP contribution in [0.15, 0.2) is 30.3 Å². The number of rotatable bonds is 9. The van der Waals surface area contributed by atoms with E-state index in [0.29, 0.717) is 38.3 Å². The van der Waals surface area contributed by atoms with E-state index in [1.54, 1.807) is 23.1 Å². The van der Waals surface area contributed by atoms with Crippen molar-refractivity contribution in [1.29, 1.82) is 0 Å². The summed E-state index contributed by atoms with van der Waals surface area (Å²) < 4.78 is 35.0. The molecule has 0 radical (unpaired) electrons. The molecule has 1 aliphatic heterocycles. The number of piperazine rings is 1. The van der Waals surface area contributed by atoms with Crippen LogP contribution < -0.4 is 24.7 Å². The van der Waals surface area contributed by atoms with Crippen LogP contribution in [0.2, 0.25) is 0 Å². The summed E-state index contributed by atoms with van der Waals surface area (Å²) in [6, 6.07) is 8.01. The van der Waals surface area contributed by atoms with Crippen molar-refractivity contribution in [3.05, 3.63) is 47.3 Å². The molecule has 0 spiro atoms. The molecular weight excluding hydrogens is 433 g/mol. The van der Waals surface area contributed by atoms with Crippen molar-refractivity contribution in [2.45, 2.75) is 6.54 Å². The van der Waals surface area contributed by atoms with Crippen LogP contribution in [0.5, 0.6) is 23.0 Å². The summed E-state index contributed by atoms with van der Waals surface area (Å²) >= 11 is 0. The van der Waals surface area contributed by atoms with Gasteiger partial charge in [0.25, 0.3) is 11.8 Å². The van der Waals surface area contributed by atoms with Crippen LogP contribution in [-0.2, 0) is 11.3 Å². The molecule has 0 aromatic heterocycles. The fourth-order valence-electron chi connectivity index (χ4n) is 3.65. The number of halogens is 1. The van der Waals surface area contributed by atoms with Gasteiger partial charge in [0, 0.05) is 38.3 Å². The third-order valence-electron chi connectivity index (χ3n) is 5.35. The van der Waals surface area contributed by atoms with Gasteiger partial charge in [-0.2, -0.15) is 0 Å². The van der Waals surface area contributed by atoms with E-state index >= 15 is 0 Å². The first-order valence-corrected chi connectivity index (χ1v) is 10.4. The first-order valence-electron chi connectivity index (χ1n) is 10.4. The zero-order chi connectivity index (χ0) is 24.0. The van der Waals surface area contributed by atoms with Gasteiger partial charge in [-0.25, -0.2) is 4.39 Å². The Hall–Kier alpha value is -3.53. The number of amides is 2. The first-order chi connectivity index (χ1) is 15.9. The molecule has 2 aromatic carbocycles. The molecule has 1 heterocycles. The van der Waals surface area contributed by atoms with E-state index in [2.05, 4.69) is 4.90 Å². The van der Waals surface area contributed by atoms with Gasteiger partial charge in [0.15, 0.2) is 29.7 Å². The fourth-order valence-corrected chi connectivity index (χ4v) is 3.65. The monoisotopic (exact) mass is 461 g/mol. The zero-order valence-corrected chi connectivity index (χ0v) is 18.9. The van der Waals surface area contributed by atoms with Gasteiger partial charge in [0.1, 0.15) is 0 Å². The summed E-state index contributed by atoms with van der Waals surface area (Å²) in [6.45, 7) is 2.56. The van der Waals surface area contributed by atoms with Crippen molar-refractivity contribution in [2.24, 2.45) is 5.73 Å². The number of nitrogens with two attached hydrogens (primary N) is 1.